The molecular formula is C15H23NO2S. The third kappa shape index (κ3) is 3.00. The van der Waals surface area contributed by atoms with Crippen LogP contribution in [0.15, 0.2) is 18.2 Å². The molecule has 0 saturated carbocycles. The first kappa shape index (κ1) is 14.5. The van der Waals surface area contributed by atoms with Crippen molar-refractivity contribution in [3.05, 3.63) is 34.9 Å². The van der Waals surface area contributed by atoms with Crippen LogP contribution in [0.3, 0.4) is 0 Å². The maximum atomic E-state index is 11.9. The van der Waals surface area contributed by atoms with Crippen LogP contribution >= 0.6 is 0 Å². The molecule has 0 aromatic heterocycles. The van der Waals surface area contributed by atoms with Crippen LogP contribution in [0.1, 0.15) is 43.9 Å². The van der Waals surface area contributed by atoms with E-state index >= 15 is 0 Å². The third-order valence-electron chi connectivity index (χ3n) is 3.98. The molecule has 1 unspecified atom stereocenters. The molecule has 1 atom stereocenters. The SMILES string of the molecule is CNS(=O)(=O)C1CCc2cc(C(C)(C)C)ccc2C1. The Morgan fingerprint density at radius 1 is 1.21 bits per heavy atom. The van der Waals surface area contributed by atoms with Crippen LogP contribution in [0.4, 0.5) is 0 Å². The summed E-state index contributed by atoms with van der Waals surface area (Å²) in [6.07, 6.45) is 2.19. The van der Waals surface area contributed by atoms with Gasteiger partial charge in [0.2, 0.25) is 10.0 Å². The fourth-order valence-electron chi connectivity index (χ4n) is 2.62. The molecule has 106 valence electrons. The Morgan fingerprint density at radius 3 is 2.47 bits per heavy atom. The molecule has 4 heteroatoms. The molecule has 0 radical (unpaired) electrons. The lowest BCUT2D eigenvalue weighted by Gasteiger charge is -2.27. The van der Waals surface area contributed by atoms with Crippen molar-refractivity contribution in [2.75, 3.05) is 7.05 Å². The lowest BCUT2D eigenvalue weighted by molar-refractivity contribution is 0.551. The van der Waals surface area contributed by atoms with E-state index in [0.29, 0.717) is 12.8 Å². The van der Waals surface area contributed by atoms with E-state index < -0.39 is 10.0 Å². The van der Waals surface area contributed by atoms with E-state index in [1.54, 1.807) is 0 Å². The van der Waals surface area contributed by atoms with Crippen LogP contribution in [-0.2, 0) is 28.3 Å². The molecule has 19 heavy (non-hydrogen) atoms. The standard InChI is InChI=1S/C15H23NO2S/c1-15(2,3)13-7-5-12-10-14(19(17,18)16-4)8-6-11(12)9-13/h5,7,9,14,16H,6,8,10H2,1-4H3. The molecule has 1 aliphatic rings. The summed E-state index contributed by atoms with van der Waals surface area (Å²) in [5.74, 6) is 0. The molecule has 1 aromatic carbocycles. The predicted octanol–water partition coefficient (Wildman–Crippen LogP) is 2.39. The predicted molar refractivity (Wildman–Crippen MR) is 78.9 cm³/mol. The van der Waals surface area contributed by atoms with Crippen LogP contribution in [0.25, 0.3) is 0 Å². The molecule has 0 amide bonds. The Labute approximate surface area is 116 Å². The second kappa shape index (κ2) is 4.91. The first-order chi connectivity index (χ1) is 8.74. The number of sulfonamides is 1. The zero-order chi connectivity index (χ0) is 14.3. The Bertz CT molecular complexity index is 570. The molecule has 0 spiro atoms. The van der Waals surface area contributed by atoms with E-state index in [-0.39, 0.29) is 10.7 Å². The van der Waals surface area contributed by atoms with E-state index in [4.69, 9.17) is 0 Å². The van der Waals surface area contributed by atoms with Crippen LogP contribution in [-0.4, -0.2) is 20.7 Å². The molecule has 0 heterocycles. The van der Waals surface area contributed by atoms with Crippen molar-refractivity contribution in [3.63, 3.8) is 0 Å². The minimum Gasteiger partial charge on any atom is -0.218 e. The second-order valence-electron chi connectivity index (χ2n) is 6.35. The van der Waals surface area contributed by atoms with Crippen molar-refractivity contribution in [1.82, 2.24) is 4.72 Å². The fraction of sp³-hybridized carbons (Fsp3) is 0.600. The van der Waals surface area contributed by atoms with E-state index in [0.717, 1.165) is 6.42 Å². The van der Waals surface area contributed by atoms with Gasteiger partial charge in [0.05, 0.1) is 5.25 Å². The number of aryl methyl sites for hydroxylation is 1. The second-order valence-corrected chi connectivity index (χ2v) is 8.51. The number of rotatable bonds is 2. The fourth-order valence-corrected chi connectivity index (χ4v) is 3.78. The summed E-state index contributed by atoms with van der Waals surface area (Å²) >= 11 is 0. The van der Waals surface area contributed by atoms with Crippen molar-refractivity contribution in [2.45, 2.75) is 50.7 Å². The van der Waals surface area contributed by atoms with Crippen molar-refractivity contribution in [3.8, 4) is 0 Å². The Kier molecular flexibility index (Phi) is 3.76. The smallest absolute Gasteiger partial charge is 0.214 e. The highest BCUT2D eigenvalue weighted by Crippen LogP contribution is 2.30. The van der Waals surface area contributed by atoms with Gasteiger partial charge in [-0.3, -0.25) is 0 Å². The molecule has 0 fully saturated rings. The number of hydrogen-bond donors (Lipinski definition) is 1. The highest BCUT2D eigenvalue weighted by molar-refractivity contribution is 7.90. The summed E-state index contributed by atoms with van der Waals surface area (Å²) in [7, 11) is -1.66. The average Bonchev–Trinajstić information content (AvgIpc) is 2.36. The number of fused-ring (bicyclic) bond motifs is 1. The van der Waals surface area contributed by atoms with Crippen molar-refractivity contribution in [2.24, 2.45) is 0 Å². The first-order valence-corrected chi connectivity index (χ1v) is 8.33. The average molecular weight is 281 g/mol. The summed E-state index contributed by atoms with van der Waals surface area (Å²) in [5, 5.41) is -0.287. The van der Waals surface area contributed by atoms with Gasteiger partial charge < -0.3 is 0 Å². The van der Waals surface area contributed by atoms with Crippen molar-refractivity contribution in [1.29, 1.82) is 0 Å². The molecule has 0 bridgehead atoms. The van der Waals surface area contributed by atoms with E-state index in [1.165, 1.54) is 23.7 Å². The summed E-state index contributed by atoms with van der Waals surface area (Å²) in [6.45, 7) is 6.60. The topological polar surface area (TPSA) is 46.2 Å². The Balaban J connectivity index is 2.29. The largest absolute Gasteiger partial charge is 0.218 e. The maximum Gasteiger partial charge on any atom is 0.214 e. The molecule has 2 rings (SSSR count). The van der Waals surface area contributed by atoms with E-state index in [1.807, 2.05) is 0 Å². The summed E-state index contributed by atoms with van der Waals surface area (Å²) in [4.78, 5) is 0. The van der Waals surface area contributed by atoms with Gasteiger partial charge in [-0.15, -0.1) is 0 Å². The van der Waals surface area contributed by atoms with Crippen molar-refractivity contribution >= 4 is 10.0 Å². The summed E-state index contributed by atoms with van der Waals surface area (Å²) < 4.78 is 26.2. The zero-order valence-corrected chi connectivity index (χ0v) is 13.0. The molecule has 1 N–H and O–H groups in total. The number of hydrogen-bond acceptors (Lipinski definition) is 2. The third-order valence-corrected chi connectivity index (χ3v) is 5.83. The van der Waals surface area contributed by atoms with Crippen LogP contribution in [0, 0.1) is 0 Å². The van der Waals surface area contributed by atoms with Gasteiger partial charge >= 0.3 is 0 Å². The van der Waals surface area contributed by atoms with Gasteiger partial charge in [0, 0.05) is 0 Å². The normalized spacial score (nSPS) is 20.1. The van der Waals surface area contributed by atoms with Crippen molar-refractivity contribution < 1.29 is 8.42 Å². The quantitative estimate of drug-likeness (QED) is 0.904. The zero-order valence-electron chi connectivity index (χ0n) is 12.2. The highest BCUT2D eigenvalue weighted by Gasteiger charge is 2.29. The minimum absolute atomic E-state index is 0.142. The monoisotopic (exact) mass is 281 g/mol. The summed E-state index contributed by atoms with van der Waals surface area (Å²) in [6, 6.07) is 6.48. The number of nitrogens with one attached hydrogen (secondary N) is 1. The molecule has 0 saturated heterocycles. The van der Waals surface area contributed by atoms with Crippen LogP contribution in [0.5, 0.6) is 0 Å². The Hall–Kier alpha value is -0.870. The van der Waals surface area contributed by atoms with Crippen LogP contribution < -0.4 is 4.72 Å². The van der Waals surface area contributed by atoms with Gasteiger partial charge in [-0.25, -0.2) is 13.1 Å². The van der Waals surface area contributed by atoms with Gasteiger partial charge in [-0.05, 0) is 48.4 Å². The summed E-state index contributed by atoms with van der Waals surface area (Å²) in [5.41, 5.74) is 3.96. The van der Waals surface area contributed by atoms with Gasteiger partial charge in [0.15, 0.2) is 0 Å². The molecule has 1 aromatic rings. The molecular weight excluding hydrogens is 258 g/mol. The Morgan fingerprint density at radius 2 is 1.89 bits per heavy atom. The number of benzene rings is 1. The lowest BCUT2D eigenvalue weighted by Crippen LogP contribution is -2.36. The van der Waals surface area contributed by atoms with Crippen LogP contribution in [0.2, 0.25) is 0 Å². The van der Waals surface area contributed by atoms with E-state index in [9.17, 15) is 8.42 Å². The minimum atomic E-state index is -3.15. The highest BCUT2D eigenvalue weighted by atomic mass is 32.2. The maximum absolute atomic E-state index is 11.9. The van der Waals surface area contributed by atoms with Gasteiger partial charge in [-0.1, -0.05) is 39.0 Å². The molecule has 0 aliphatic heterocycles. The van der Waals surface area contributed by atoms with Gasteiger partial charge in [-0.2, -0.15) is 0 Å². The lowest BCUT2D eigenvalue weighted by atomic mass is 9.82. The van der Waals surface area contributed by atoms with Gasteiger partial charge in [0.25, 0.3) is 0 Å². The molecule has 3 nitrogen and oxygen atoms in total. The van der Waals surface area contributed by atoms with E-state index in [2.05, 4.69) is 43.7 Å². The molecule has 1 aliphatic carbocycles. The van der Waals surface area contributed by atoms with Gasteiger partial charge in [0.1, 0.15) is 0 Å². The first-order valence-electron chi connectivity index (χ1n) is 6.78.